The van der Waals surface area contributed by atoms with Gasteiger partial charge in [0.1, 0.15) is 10.6 Å². The molecule has 5 nitrogen and oxygen atoms in total. The molecule has 2 aromatic carbocycles. The summed E-state index contributed by atoms with van der Waals surface area (Å²) in [4.78, 5) is 25.4. The number of hydrazone groups is 1. The van der Waals surface area contributed by atoms with Crippen molar-refractivity contribution in [3.63, 3.8) is 0 Å². The number of rotatable bonds is 4. The quantitative estimate of drug-likeness (QED) is 0.203. The highest BCUT2D eigenvalue weighted by atomic mass is 127. The predicted molar refractivity (Wildman–Crippen MR) is 123 cm³/mol. The number of thiophene rings is 1. The Morgan fingerprint density at radius 2 is 1.83 bits per heavy atom. The van der Waals surface area contributed by atoms with Gasteiger partial charge in [-0.05, 0) is 89.0 Å². The number of benzene rings is 2. The molecule has 0 atom stereocenters. The van der Waals surface area contributed by atoms with E-state index in [4.69, 9.17) is 4.74 Å². The molecule has 0 N–H and O–H groups in total. The van der Waals surface area contributed by atoms with Crippen LogP contribution in [0.4, 0.5) is 5.69 Å². The fraction of sp³-hybridized carbons (Fsp3) is 0.0455. The molecule has 29 heavy (non-hydrogen) atoms. The van der Waals surface area contributed by atoms with Gasteiger partial charge in [0.05, 0.1) is 17.0 Å². The van der Waals surface area contributed by atoms with Crippen molar-refractivity contribution in [2.75, 3.05) is 5.01 Å². The van der Waals surface area contributed by atoms with Crippen LogP contribution < -0.4 is 9.75 Å². The highest BCUT2D eigenvalue weighted by Gasteiger charge is 2.28. The molecular weight excluding hydrogens is 499 g/mol. The molecule has 1 aliphatic heterocycles. The van der Waals surface area contributed by atoms with Crippen molar-refractivity contribution >= 4 is 63.3 Å². The van der Waals surface area contributed by atoms with Crippen LogP contribution in [0.15, 0.2) is 76.7 Å². The van der Waals surface area contributed by atoms with Crippen molar-refractivity contribution in [3.8, 4) is 5.75 Å². The number of ether oxygens (including phenoxy) is 1. The van der Waals surface area contributed by atoms with Crippen molar-refractivity contribution in [2.24, 2.45) is 5.10 Å². The Kier molecular flexibility index (Phi) is 5.59. The van der Waals surface area contributed by atoms with E-state index >= 15 is 0 Å². The number of amides is 1. The molecule has 144 valence electrons. The average Bonchev–Trinajstić information content (AvgIpc) is 3.35. The van der Waals surface area contributed by atoms with Crippen molar-refractivity contribution < 1.29 is 14.3 Å². The minimum atomic E-state index is -0.381. The highest BCUT2D eigenvalue weighted by molar-refractivity contribution is 14.1. The Bertz CT molecular complexity index is 1120. The molecule has 0 fully saturated rings. The van der Waals surface area contributed by atoms with E-state index in [1.165, 1.54) is 16.3 Å². The minimum Gasteiger partial charge on any atom is -0.422 e. The standard InChI is InChI=1S/C22H15IN2O3S/c1-14-19(21(26)25(24-14)17-8-6-16(23)7-9-17)13-15-4-10-18(11-5-15)28-22(27)20-3-2-12-29-20/h2-13H,1H3. The van der Waals surface area contributed by atoms with Crippen molar-refractivity contribution in [1.29, 1.82) is 0 Å². The van der Waals surface area contributed by atoms with E-state index in [2.05, 4.69) is 27.7 Å². The number of nitrogens with zero attached hydrogens (tertiary/aromatic N) is 2. The van der Waals surface area contributed by atoms with Gasteiger partial charge in [-0.15, -0.1) is 11.3 Å². The largest absolute Gasteiger partial charge is 0.422 e. The maximum atomic E-state index is 12.8. The second-order valence-corrected chi connectivity index (χ2v) is 8.47. The first-order chi connectivity index (χ1) is 14.0. The summed E-state index contributed by atoms with van der Waals surface area (Å²) in [6.07, 6.45) is 1.79. The monoisotopic (exact) mass is 514 g/mol. The van der Waals surface area contributed by atoms with Crippen molar-refractivity contribution in [1.82, 2.24) is 0 Å². The van der Waals surface area contributed by atoms with Gasteiger partial charge in [-0.3, -0.25) is 4.79 Å². The first-order valence-corrected chi connectivity index (χ1v) is 10.7. The van der Waals surface area contributed by atoms with Crippen LogP contribution in [-0.4, -0.2) is 17.6 Å². The van der Waals surface area contributed by atoms with E-state index < -0.39 is 0 Å². The fourth-order valence-electron chi connectivity index (χ4n) is 2.79. The lowest BCUT2D eigenvalue weighted by molar-refractivity contribution is -0.114. The molecule has 1 amide bonds. The molecule has 0 bridgehead atoms. The zero-order chi connectivity index (χ0) is 20.4. The number of anilines is 1. The van der Waals surface area contributed by atoms with Crippen molar-refractivity contribution in [3.05, 3.63) is 85.6 Å². The SMILES string of the molecule is CC1=NN(c2ccc(I)cc2)C(=O)C1=Cc1ccc(OC(=O)c2cccs2)cc1. The lowest BCUT2D eigenvalue weighted by Crippen LogP contribution is -2.21. The molecule has 1 aromatic heterocycles. The van der Waals surface area contributed by atoms with E-state index in [1.807, 2.05) is 36.6 Å². The lowest BCUT2D eigenvalue weighted by atomic mass is 10.1. The maximum Gasteiger partial charge on any atom is 0.353 e. The van der Waals surface area contributed by atoms with Gasteiger partial charge in [0.25, 0.3) is 5.91 Å². The number of hydrogen-bond donors (Lipinski definition) is 0. The van der Waals surface area contributed by atoms with Crippen LogP contribution in [-0.2, 0) is 4.79 Å². The van der Waals surface area contributed by atoms with Crippen LogP contribution in [0.5, 0.6) is 5.75 Å². The summed E-state index contributed by atoms with van der Waals surface area (Å²) in [5.74, 6) is -0.0978. The van der Waals surface area contributed by atoms with Gasteiger partial charge < -0.3 is 4.74 Å². The van der Waals surface area contributed by atoms with E-state index in [-0.39, 0.29) is 11.9 Å². The number of esters is 1. The van der Waals surface area contributed by atoms with Crippen LogP contribution in [0.1, 0.15) is 22.2 Å². The molecule has 3 aromatic rings. The molecule has 0 aliphatic carbocycles. The third kappa shape index (κ3) is 4.30. The number of halogens is 1. The summed E-state index contributed by atoms with van der Waals surface area (Å²) < 4.78 is 6.45. The first-order valence-electron chi connectivity index (χ1n) is 8.74. The van der Waals surface area contributed by atoms with Crippen LogP contribution in [0.25, 0.3) is 6.08 Å². The Labute approximate surface area is 185 Å². The molecule has 7 heteroatoms. The van der Waals surface area contributed by atoms with Crippen LogP contribution in [0.2, 0.25) is 0 Å². The number of carbonyl (C=O) groups excluding carboxylic acids is 2. The molecule has 0 saturated carbocycles. The normalized spacial score (nSPS) is 15.0. The molecule has 0 spiro atoms. The van der Waals surface area contributed by atoms with E-state index in [1.54, 1.807) is 42.5 Å². The van der Waals surface area contributed by atoms with Gasteiger partial charge in [-0.2, -0.15) is 10.1 Å². The van der Waals surface area contributed by atoms with Gasteiger partial charge in [0.15, 0.2) is 0 Å². The van der Waals surface area contributed by atoms with Gasteiger partial charge in [0, 0.05) is 3.57 Å². The number of carbonyl (C=O) groups is 2. The molecule has 0 unspecified atom stereocenters. The summed E-state index contributed by atoms with van der Waals surface area (Å²) in [6.45, 7) is 1.81. The smallest absolute Gasteiger partial charge is 0.353 e. The van der Waals surface area contributed by atoms with Crippen LogP contribution >= 0.6 is 33.9 Å². The zero-order valence-corrected chi connectivity index (χ0v) is 18.3. The van der Waals surface area contributed by atoms with Gasteiger partial charge >= 0.3 is 5.97 Å². The summed E-state index contributed by atoms with van der Waals surface area (Å²) in [7, 11) is 0. The molecular formula is C22H15IN2O3S. The third-order valence-electron chi connectivity index (χ3n) is 4.26. The summed E-state index contributed by atoms with van der Waals surface area (Å²) in [5, 5.41) is 7.63. The highest BCUT2D eigenvalue weighted by Crippen LogP contribution is 2.26. The molecule has 4 rings (SSSR count). The minimum absolute atomic E-state index is 0.170. The third-order valence-corrected chi connectivity index (χ3v) is 5.83. The maximum absolute atomic E-state index is 12.8. The predicted octanol–water partition coefficient (Wildman–Crippen LogP) is 5.38. The van der Waals surface area contributed by atoms with E-state index in [0.29, 0.717) is 21.9 Å². The second-order valence-electron chi connectivity index (χ2n) is 6.27. The van der Waals surface area contributed by atoms with Crippen LogP contribution in [0, 0.1) is 3.57 Å². The average molecular weight is 514 g/mol. The Hall–Kier alpha value is -2.78. The topological polar surface area (TPSA) is 59.0 Å². The first kappa shape index (κ1) is 19.5. The van der Waals surface area contributed by atoms with Crippen molar-refractivity contribution in [2.45, 2.75) is 6.92 Å². The summed E-state index contributed by atoms with van der Waals surface area (Å²) in [5.41, 5.74) is 2.74. The van der Waals surface area contributed by atoms with E-state index in [9.17, 15) is 9.59 Å². The fourth-order valence-corrected chi connectivity index (χ4v) is 3.75. The molecule has 0 saturated heterocycles. The zero-order valence-electron chi connectivity index (χ0n) is 15.3. The summed E-state index contributed by atoms with van der Waals surface area (Å²) >= 11 is 3.55. The lowest BCUT2D eigenvalue weighted by Gasteiger charge is -2.11. The van der Waals surface area contributed by atoms with Crippen LogP contribution in [0.3, 0.4) is 0 Å². The Balaban J connectivity index is 1.50. The molecule has 1 aliphatic rings. The van der Waals surface area contributed by atoms with Gasteiger partial charge in [0.2, 0.25) is 0 Å². The van der Waals surface area contributed by atoms with Gasteiger partial charge in [-0.1, -0.05) is 18.2 Å². The van der Waals surface area contributed by atoms with E-state index in [0.717, 1.165) is 14.8 Å². The second kappa shape index (κ2) is 8.30. The molecule has 2 heterocycles. The van der Waals surface area contributed by atoms with Gasteiger partial charge in [-0.25, -0.2) is 4.79 Å². The summed E-state index contributed by atoms with van der Waals surface area (Å²) in [6, 6.07) is 18.2. The Morgan fingerprint density at radius 3 is 2.48 bits per heavy atom. The Morgan fingerprint density at radius 1 is 1.10 bits per heavy atom. The molecule has 0 radical (unpaired) electrons. The number of hydrogen-bond acceptors (Lipinski definition) is 5.